The Morgan fingerprint density at radius 1 is 1.53 bits per heavy atom. The molecule has 0 aromatic carbocycles. The molecule has 0 aliphatic heterocycles. The summed E-state index contributed by atoms with van der Waals surface area (Å²) in [5.74, 6) is 0.471. The van der Waals surface area contributed by atoms with Crippen molar-refractivity contribution in [1.29, 1.82) is 0 Å². The summed E-state index contributed by atoms with van der Waals surface area (Å²) in [6.45, 7) is 2.85. The van der Waals surface area contributed by atoms with Gasteiger partial charge in [0.15, 0.2) is 0 Å². The minimum absolute atomic E-state index is 0.412. The molecule has 0 fully saturated rings. The van der Waals surface area contributed by atoms with E-state index in [1.165, 1.54) is 0 Å². The lowest BCUT2D eigenvalue weighted by atomic mass is 10.5. The molecule has 0 spiro atoms. The Bertz CT molecular complexity index is 453. The van der Waals surface area contributed by atoms with Crippen LogP contribution in [0.3, 0.4) is 0 Å². The van der Waals surface area contributed by atoms with Crippen LogP contribution in [0.1, 0.15) is 6.92 Å². The molecule has 0 amide bonds. The zero-order chi connectivity index (χ0) is 10.7. The van der Waals surface area contributed by atoms with E-state index in [0.29, 0.717) is 11.1 Å². The first-order valence-corrected chi connectivity index (χ1v) is 4.94. The molecule has 2 aromatic heterocycles. The highest BCUT2D eigenvalue weighted by molar-refractivity contribution is 6.29. The van der Waals surface area contributed by atoms with Crippen LogP contribution >= 0.6 is 11.6 Å². The van der Waals surface area contributed by atoms with Crippen molar-refractivity contribution in [2.75, 3.05) is 5.32 Å². The van der Waals surface area contributed by atoms with Crippen molar-refractivity contribution in [2.24, 2.45) is 0 Å². The smallest absolute Gasteiger partial charge is 0.228 e. The normalized spacial score (nSPS) is 10.3. The van der Waals surface area contributed by atoms with E-state index in [2.05, 4.69) is 20.4 Å². The molecule has 1 N–H and O–H groups in total. The van der Waals surface area contributed by atoms with Crippen molar-refractivity contribution in [1.82, 2.24) is 19.7 Å². The van der Waals surface area contributed by atoms with E-state index in [4.69, 9.17) is 11.6 Å². The first kappa shape index (κ1) is 9.92. The lowest BCUT2D eigenvalue weighted by Crippen LogP contribution is -1.96. The predicted octanol–water partition coefficient (Wildman–Crippen LogP) is 2.09. The van der Waals surface area contributed by atoms with Gasteiger partial charge < -0.3 is 5.32 Å². The number of halogens is 1. The fourth-order valence-electron chi connectivity index (χ4n) is 1.13. The second kappa shape index (κ2) is 4.27. The van der Waals surface area contributed by atoms with Crippen molar-refractivity contribution in [3.8, 4) is 0 Å². The van der Waals surface area contributed by atoms with Gasteiger partial charge >= 0.3 is 0 Å². The van der Waals surface area contributed by atoms with Crippen molar-refractivity contribution >= 4 is 23.2 Å². The topological polar surface area (TPSA) is 55.6 Å². The van der Waals surface area contributed by atoms with Gasteiger partial charge in [-0.25, -0.2) is 9.97 Å². The first-order chi connectivity index (χ1) is 7.28. The van der Waals surface area contributed by atoms with Crippen LogP contribution in [0.2, 0.25) is 5.15 Å². The lowest BCUT2D eigenvalue weighted by Gasteiger charge is -2.00. The molecule has 5 nitrogen and oxygen atoms in total. The standard InChI is InChI=1S/C9H10ClN5/c1-2-15-6-7(5-12-15)13-9-11-4-3-8(10)14-9/h3-6H,2H2,1H3,(H,11,13,14). The van der Waals surface area contributed by atoms with Gasteiger partial charge in [0.05, 0.1) is 11.9 Å². The molecule has 0 bridgehead atoms. The Balaban J connectivity index is 2.14. The summed E-state index contributed by atoms with van der Waals surface area (Å²) >= 11 is 5.73. The van der Waals surface area contributed by atoms with E-state index in [1.807, 2.05) is 17.8 Å². The Labute approximate surface area is 92.1 Å². The van der Waals surface area contributed by atoms with Crippen molar-refractivity contribution in [3.63, 3.8) is 0 Å². The van der Waals surface area contributed by atoms with E-state index in [0.717, 1.165) is 12.2 Å². The molecular formula is C9H10ClN5. The average molecular weight is 224 g/mol. The minimum atomic E-state index is 0.412. The van der Waals surface area contributed by atoms with Crippen LogP contribution in [0.5, 0.6) is 0 Å². The number of anilines is 2. The van der Waals surface area contributed by atoms with Gasteiger partial charge in [-0.05, 0) is 13.0 Å². The molecule has 0 saturated heterocycles. The molecule has 15 heavy (non-hydrogen) atoms. The van der Waals surface area contributed by atoms with E-state index in [-0.39, 0.29) is 0 Å². The zero-order valence-electron chi connectivity index (χ0n) is 8.18. The second-order valence-corrected chi connectivity index (χ2v) is 3.30. The summed E-state index contributed by atoms with van der Waals surface area (Å²) in [4.78, 5) is 8.04. The molecule has 0 aliphatic rings. The molecule has 0 unspecified atom stereocenters. The average Bonchev–Trinajstić information content (AvgIpc) is 2.65. The molecule has 6 heteroatoms. The molecule has 0 atom stereocenters. The molecule has 2 heterocycles. The van der Waals surface area contributed by atoms with Gasteiger partial charge in [-0.2, -0.15) is 5.10 Å². The maximum Gasteiger partial charge on any atom is 0.228 e. The Morgan fingerprint density at radius 2 is 2.40 bits per heavy atom. The molecule has 0 radical (unpaired) electrons. The summed E-state index contributed by atoms with van der Waals surface area (Å²) in [5.41, 5.74) is 0.846. The summed E-state index contributed by atoms with van der Waals surface area (Å²) < 4.78 is 1.81. The minimum Gasteiger partial charge on any atom is -0.321 e. The molecule has 78 valence electrons. The van der Waals surface area contributed by atoms with Crippen LogP contribution in [0.25, 0.3) is 0 Å². The number of nitrogens with one attached hydrogen (secondary N) is 1. The first-order valence-electron chi connectivity index (χ1n) is 4.56. The Kier molecular flexibility index (Phi) is 2.82. The maximum absolute atomic E-state index is 5.73. The number of hydrogen-bond donors (Lipinski definition) is 1. The van der Waals surface area contributed by atoms with Gasteiger partial charge in [0.25, 0.3) is 0 Å². The third-order valence-electron chi connectivity index (χ3n) is 1.83. The summed E-state index contributed by atoms with van der Waals surface area (Å²) in [5, 5.41) is 7.54. The predicted molar refractivity (Wildman–Crippen MR) is 58.2 cm³/mol. The van der Waals surface area contributed by atoms with Gasteiger partial charge in [-0.15, -0.1) is 0 Å². The van der Waals surface area contributed by atoms with Crippen molar-refractivity contribution in [2.45, 2.75) is 13.5 Å². The highest BCUT2D eigenvalue weighted by atomic mass is 35.5. The van der Waals surface area contributed by atoms with Crippen LogP contribution < -0.4 is 5.32 Å². The summed E-state index contributed by atoms with van der Waals surface area (Å²) in [7, 11) is 0. The highest BCUT2D eigenvalue weighted by Gasteiger charge is 2.00. The summed E-state index contributed by atoms with van der Waals surface area (Å²) in [6.07, 6.45) is 5.19. The van der Waals surface area contributed by atoms with Gasteiger partial charge in [0, 0.05) is 18.9 Å². The van der Waals surface area contributed by atoms with Crippen LogP contribution in [-0.4, -0.2) is 19.7 Å². The fourth-order valence-corrected chi connectivity index (χ4v) is 1.26. The van der Waals surface area contributed by atoms with Gasteiger partial charge in [0.1, 0.15) is 5.15 Å². The van der Waals surface area contributed by atoms with Gasteiger partial charge in [-0.1, -0.05) is 11.6 Å². The Hall–Kier alpha value is -1.62. The van der Waals surface area contributed by atoms with E-state index >= 15 is 0 Å². The van der Waals surface area contributed by atoms with Crippen molar-refractivity contribution in [3.05, 3.63) is 29.8 Å². The third-order valence-corrected chi connectivity index (χ3v) is 2.05. The molecular weight excluding hydrogens is 214 g/mol. The lowest BCUT2D eigenvalue weighted by molar-refractivity contribution is 0.660. The van der Waals surface area contributed by atoms with Crippen molar-refractivity contribution < 1.29 is 0 Å². The molecule has 2 aromatic rings. The number of aromatic nitrogens is 4. The summed E-state index contributed by atoms with van der Waals surface area (Å²) in [6, 6.07) is 1.63. The van der Waals surface area contributed by atoms with E-state index < -0.39 is 0 Å². The van der Waals surface area contributed by atoms with Crippen LogP contribution in [0.15, 0.2) is 24.7 Å². The monoisotopic (exact) mass is 223 g/mol. The zero-order valence-corrected chi connectivity index (χ0v) is 8.94. The van der Waals surface area contributed by atoms with Crippen LogP contribution in [-0.2, 0) is 6.54 Å². The number of nitrogens with zero attached hydrogens (tertiary/aromatic N) is 4. The van der Waals surface area contributed by atoms with Crippen LogP contribution in [0.4, 0.5) is 11.6 Å². The largest absolute Gasteiger partial charge is 0.321 e. The SMILES string of the molecule is CCn1cc(Nc2nccc(Cl)n2)cn1. The van der Waals surface area contributed by atoms with E-state index in [9.17, 15) is 0 Å². The van der Waals surface area contributed by atoms with Gasteiger partial charge in [-0.3, -0.25) is 4.68 Å². The fraction of sp³-hybridized carbons (Fsp3) is 0.222. The van der Waals surface area contributed by atoms with E-state index in [1.54, 1.807) is 18.5 Å². The number of aryl methyl sites for hydroxylation is 1. The molecule has 0 saturated carbocycles. The number of rotatable bonds is 3. The highest BCUT2D eigenvalue weighted by Crippen LogP contribution is 2.12. The second-order valence-electron chi connectivity index (χ2n) is 2.91. The Morgan fingerprint density at radius 3 is 3.07 bits per heavy atom. The molecule has 2 rings (SSSR count). The maximum atomic E-state index is 5.73. The third kappa shape index (κ3) is 2.44. The number of hydrogen-bond acceptors (Lipinski definition) is 4. The van der Waals surface area contributed by atoms with Gasteiger partial charge in [0.2, 0.25) is 5.95 Å². The quantitative estimate of drug-likeness (QED) is 0.810. The van der Waals surface area contributed by atoms with Crippen LogP contribution in [0, 0.1) is 0 Å². The molecule has 0 aliphatic carbocycles.